The van der Waals surface area contributed by atoms with Crippen molar-refractivity contribution in [2.24, 2.45) is 4.99 Å². The van der Waals surface area contributed by atoms with E-state index in [4.69, 9.17) is 9.47 Å². The molecule has 0 spiro atoms. The SMILES string of the molecule is CCNC(=NCCCNC(=O)OC(C)(C)C)NCCc1ccc(OC)cc1.I. The van der Waals surface area contributed by atoms with Gasteiger partial charge in [-0.1, -0.05) is 12.1 Å². The molecule has 0 aromatic heterocycles. The minimum absolute atomic E-state index is 0. The smallest absolute Gasteiger partial charge is 0.407 e. The number of halogens is 1. The van der Waals surface area contributed by atoms with E-state index in [0.717, 1.165) is 37.6 Å². The molecule has 0 bridgehead atoms. The molecule has 0 aliphatic heterocycles. The lowest BCUT2D eigenvalue weighted by Gasteiger charge is -2.19. The van der Waals surface area contributed by atoms with Crippen LogP contribution in [-0.2, 0) is 11.2 Å². The number of carbonyl (C=O) groups excluding carboxylic acids is 1. The van der Waals surface area contributed by atoms with E-state index in [2.05, 4.69) is 33.1 Å². The third kappa shape index (κ3) is 12.6. The number of guanidine groups is 1. The molecule has 7 nitrogen and oxygen atoms in total. The number of hydrogen-bond acceptors (Lipinski definition) is 4. The van der Waals surface area contributed by atoms with Crippen LogP contribution in [-0.4, -0.2) is 50.9 Å². The van der Waals surface area contributed by atoms with Crippen LogP contribution in [0.4, 0.5) is 4.79 Å². The lowest BCUT2D eigenvalue weighted by molar-refractivity contribution is 0.0527. The van der Waals surface area contributed by atoms with Crippen LogP contribution >= 0.6 is 24.0 Å². The van der Waals surface area contributed by atoms with Crippen LogP contribution in [0.25, 0.3) is 0 Å². The molecule has 0 fully saturated rings. The summed E-state index contributed by atoms with van der Waals surface area (Å²) in [4.78, 5) is 16.1. The number of ether oxygens (including phenoxy) is 2. The summed E-state index contributed by atoms with van der Waals surface area (Å²) in [5, 5.41) is 9.29. The molecule has 1 aromatic rings. The maximum absolute atomic E-state index is 11.6. The van der Waals surface area contributed by atoms with Crippen molar-refractivity contribution in [2.75, 3.05) is 33.3 Å². The number of benzene rings is 1. The molecule has 1 aromatic carbocycles. The van der Waals surface area contributed by atoms with Crippen molar-refractivity contribution in [2.45, 2.75) is 46.1 Å². The van der Waals surface area contributed by atoms with Gasteiger partial charge in [-0.25, -0.2) is 4.79 Å². The highest BCUT2D eigenvalue weighted by atomic mass is 127. The maximum Gasteiger partial charge on any atom is 0.407 e. The number of rotatable bonds is 9. The first-order chi connectivity index (χ1) is 12.8. The quantitative estimate of drug-likeness (QED) is 0.207. The summed E-state index contributed by atoms with van der Waals surface area (Å²) in [5.74, 6) is 1.64. The fourth-order valence-corrected chi connectivity index (χ4v) is 2.23. The zero-order valence-electron chi connectivity index (χ0n) is 17.6. The number of amides is 1. The Morgan fingerprint density at radius 2 is 1.75 bits per heavy atom. The van der Waals surface area contributed by atoms with Crippen molar-refractivity contribution in [3.8, 4) is 5.75 Å². The summed E-state index contributed by atoms with van der Waals surface area (Å²) in [6, 6.07) is 8.05. The van der Waals surface area contributed by atoms with Crippen molar-refractivity contribution < 1.29 is 14.3 Å². The third-order valence-electron chi connectivity index (χ3n) is 3.48. The Balaban J connectivity index is 0.00000729. The molecule has 0 aliphatic carbocycles. The summed E-state index contributed by atoms with van der Waals surface area (Å²) in [6.07, 6.45) is 1.25. The second kappa shape index (κ2) is 14.3. The summed E-state index contributed by atoms with van der Waals surface area (Å²) < 4.78 is 10.4. The Bertz CT molecular complexity index is 586. The van der Waals surface area contributed by atoms with Gasteiger partial charge in [-0.15, -0.1) is 24.0 Å². The topological polar surface area (TPSA) is 84.0 Å². The van der Waals surface area contributed by atoms with Gasteiger partial charge >= 0.3 is 6.09 Å². The van der Waals surface area contributed by atoms with Gasteiger partial charge in [-0.3, -0.25) is 4.99 Å². The van der Waals surface area contributed by atoms with Crippen LogP contribution in [0.1, 0.15) is 39.7 Å². The number of nitrogens with one attached hydrogen (secondary N) is 3. The van der Waals surface area contributed by atoms with Gasteiger partial charge in [0.05, 0.1) is 7.11 Å². The molecule has 8 heteroatoms. The second-order valence-electron chi connectivity index (χ2n) is 7.07. The van der Waals surface area contributed by atoms with E-state index >= 15 is 0 Å². The van der Waals surface area contributed by atoms with Crippen LogP contribution in [0.5, 0.6) is 5.75 Å². The van der Waals surface area contributed by atoms with E-state index in [9.17, 15) is 4.79 Å². The summed E-state index contributed by atoms with van der Waals surface area (Å²) in [7, 11) is 1.67. The Kier molecular flexibility index (Phi) is 13.4. The number of alkyl carbamates (subject to hydrolysis) is 1. The Morgan fingerprint density at radius 3 is 2.32 bits per heavy atom. The van der Waals surface area contributed by atoms with Crippen LogP contribution < -0.4 is 20.7 Å². The van der Waals surface area contributed by atoms with Crippen molar-refractivity contribution in [3.05, 3.63) is 29.8 Å². The largest absolute Gasteiger partial charge is 0.497 e. The normalized spacial score (nSPS) is 11.2. The number of aliphatic imine (C=N–C) groups is 1. The van der Waals surface area contributed by atoms with Crippen LogP contribution in [0.2, 0.25) is 0 Å². The molecule has 160 valence electrons. The predicted octanol–water partition coefficient (Wildman–Crippen LogP) is 3.33. The summed E-state index contributed by atoms with van der Waals surface area (Å²) >= 11 is 0. The minimum atomic E-state index is -0.478. The molecule has 0 saturated carbocycles. The number of nitrogens with zero attached hydrogens (tertiary/aromatic N) is 1. The van der Waals surface area contributed by atoms with Crippen LogP contribution in [0.3, 0.4) is 0 Å². The molecule has 0 atom stereocenters. The lowest BCUT2D eigenvalue weighted by atomic mass is 10.1. The highest BCUT2D eigenvalue weighted by Crippen LogP contribution is 2.11. The highest BCUT2D eigenvalue weighted by Gasteiger charge is 2.15. The maximum atomic E-state index is 11.6. The molecule has 0 aliphatic rings. The Labute approximate surface area is 186 Å². The molecule has 28 heavy (non-hydrogen) atoms. The molecular weight excluding hydrogens is 471 g/mol. The van der Waals surface area contributed by atoms with Crippen LogP contribution in [0, 0.1) is 0 Å². The monoisotopic (exact) mass is 506 g/mol. The summed E-state index contributed by atoms with van der Waals surface area (Å²) in [5.41, 5.74) is 0.759. The molecule has 1 amide bonds. The number of carbonyl (C=O) groups is 1. The summed E-state index contributed by atoms with van der Waals surface area (Å²) in [6.45, 7) is 10.3. The van der Waals surface area contributed by atoms with Crippen molar-refractivity contribution in [1.29, 1.82) is 0 Å². The lowest BCUT2D eigenvalue weighted by Crippen LogP contribution is -2.38. The molecule has 0 saturated heterocycles. The zero-order chi connectivity index (χ0) is 20.1. The fourth-order valence-electron chi connectivity index (χ4n) is 2.23. The van der Waals surface area contributed by atoms with Crippen LogP contribution in [0.15, 0.2) is 29.3 Å². The van der Waals surface area contributed by atoms with Gasteiger partial charge in [-0.2, -0.15) is 0 Å². The van der Waals surface area contributed by atoms with E-state index in [1.54, 1.807) is 7.11 Å². The van der Waals surface area contributed by atoms with Gasteiger partial charge in [0.1, 0.15) is 11.4 Å². The third-order valence-corrected chi connectivity index (χ3v) is 3.48. The minimum Gasteiger partial charge on any atom is -0.497 e. The van der Waals surface area contributed by atoms with Gasteiger partial charge in [0, 0.05) is 26.2 Å². The second-order valence-corrected chi connectivity index (χ2v) is 7.07. The van der Waals surface area contributed by atoms with Gasteiger partial charge in [0.15, 0.2) is 5.96 Å². The Morgan fingerprint density at radius 1 is 1.07 bits per heavy atom. The first kappa shape index (κ1) is 26.3. The van der Waals surface area contributed by atoms with E-state index in [-0.39, 0.29) is 24.0 Å². The number of hydrogen-bond donors (Lipinski definition) is 3. The molecule has 0 unspecified atom stereocenters. The molecule has 0 heterocycles. The van der Waals surface area contributed by atoms with Gasteiger partial charge in [0.25, 0.3) is 0 Å². The van der Waals surface area contributed by atoms with E-state index in [1.165, 1.54) is 5.56 Å². The van der Waals surface area contributed by atoms with E-state index < -0.39 is 11.7 Å². The van der Waals surface area contributed by atoms with Crippen molar-refractivity contribution >= 4 is 36.0 Å². The molecule has 3 N–H and O–H groups in total. The zero-order valence-corrected chi connectivity index (χ0v) is 20.0. The van der Waals surface area contributed by atoms with Crippen molar-refractivity contribution in [3.63, 3.8) is 0 Å². The van der Waals surface area contributed by atoms with Gasteiger partial charge in [-0.05, 0) is 58.2 Å². The van der Waals surface area contributed by atoms with Gasteiger partial charge in [0.2, 0.25) is 0 Å². The van der Waals surface area contributed by atoms with E-state index in [0.29, 0.717) is 13.1 Å². The van der Waals surface area contributed by atoms with Crippen molar-refractivity contribution in [1.82, 2.24) is 16.0 Å². The average Bonchev–Trinajstić information content (AvgIpc) is 2.60. The Hall–Kier alpha value is -1.71. The standard InChI is InChI=1S/C20H34N4O3.HI/c1-6-21-18(22-13-7-14-24-19(25)27-20(2,3)4)23-15-12-16-8-10-17(26-5)11-9-16;/h8-11H,6-7,12-15H2,1-5H3,(H,24,25)(H2,21,22,23);1H. The first-order valence-corrected chi connectivity index (χ1v) is 9.46. The first-order valence-electron chi connectivity index (χ1n) is 9.46. The van der Waals surface area contributed by atoms with Gasteiger partial charge < -0.3 is 25.4 Å². The number of methoxy groups -OCH3 is 1. The molecule has 1 rings (SSSR count). The average molecular weight is 506 g/mol. The molecule has 0 radical (unpaired) electrons. The molecular formula is C20H35IN4O3. The predicted molar refractivity (Wildman–Crippen MR) is 125 cm³/mol. The fraction of sp³-hybridized carbons (Fsp3) is 0.600. The highest BCUT2D eigenvalue weighted by molar-refractivity contribution is 14.0. The van der Waals surface area contributed by atoms with E-state index in [1.807, 2.05) is 39.8 Å².